The number of rotatable bonds is 7. The Labute approximate surface area is 119 Å². The lowest BCUT2D eigenvalue weighted by Crippen LogP contribution is -2.25. The maximum atomic E-state index is 4.41. The number of aromatic nitrogens is 1. The van der Waals surface area contributed by atoms with Gasteiger partial charge in [-0.05, 0) is 44.3 Å². The summed E-state index contributed by atoms with van der Waals surface area (Å²) in [6.45, 7) is 6.40. The molecule has 1 heterocycles. The summed E-state index contributed by atoms with van der Waals surface area (Å²) in [5.41, 5.74) is 5.92. The molecular formula is C16H22N2S. The maximum Gasteiger partial charge on any atom is 0.0794 e. The van der Waals surface area contributed by atoms with Gasteiger partial charge in [-0.3, -0.25) is 0 Å². The molecule has 2 rings (SSSR count). The Balaban J connectivity index is 2.00. The van der Waals surface area contributed by atoms with Crippen LogP contribution in [-0.2, 0) is 12.8 Å². The highest BCUT2D eigenvalue weighted by molar-refractivity contribution is 7.07. The molecule has 0 amide bonds. The van der Waals surface area contributed by atoms with E-state index in [0.29, 0.717) is 5.92 Å². The van der Waals surface area contributed by atoms with Crippen LogP contribution in [0.2, 0.25) is 0 Å². The Morgan fingerprint density at radius 2 is 2.21 bits per heavy atom. The standard InChI is InChI=1S/C16H22N2S/c1-3-17-10-15(9-16-11-19-12-18-16)8-14-6-4-5-13(2)7-14/h4-7,11-12,15,17H,3,8-10H2,1-2H3. The first-order valence-electron chi connectivity index (χ1n) is 6.91. The van der Waals surface area contributed by atoms with Crippen molar-refractivity contribution in [2.75, 3.05) is 13.1 Å². The van der Waals surface area contributed by atoms with Crippen molar-refractivity contribution < 1.29 is 0 Å². The Morgan fingerprint density at radius 1 is 1.32 bits per heavy atom. The lowest BCUT2D eigenvalue weighted by molar-refractivity contribution is 0.474. The molecule has 0 radical (unpaired) electrons. The summed E-state index contributed by atoms with van der Waals surface area (Å²) < 4.78 is 0. The molecule has 1 atom stereocenters. The van der Waals surface area contributed by atoms with E-state index in [9.17, 15) is 0 Å². The Bertz CT molecular complexity index is 479. The summed E-state index contributed by atoms with van der Waals surface area (Å²) in [6.07, 6.45) is 2.18. The SMILES string of the molecule is CCNCC(Cc1cccc(C)c1)Cc1cscn1. The van der Waals surface area contributed by atoms with Gasteiger partial charge in [0.15, 0.2) is 0 Å². The topological polar surface area (TPSA) is 24.9 Å². The molecule has 2 aromatic rings. The van der Waals surface area contributed by atoms with Crippen molar-refractivity contribution in [1.82, 2.24) is 10.3 Å². The van der Waals surface area contributed by atoms with Gasteiger partial charge in [0.2, 0.25) is 0 Å². The second-order valence-corrected chi connectivity index (χ2v) is 5.77. The van der Waals surface area contributed by atoms with E-state index in [4.69, 9.17) is 0 Å². The molecule has 0 aliphatic carbocycles. The van der Waals surface area contributed by atoms with E-state index >= 15 is 0 Å². The number of benzene rings is 1. The molecule has 0 bridgehead atoms. The van der Waals surface area contributed by atoms with Gasteiger partial charge in [0.25, 0.3) is 0 Å². The molecule has 1 N–H and O–H groups in total. The van der Waals surface area contributed by atoms with Crippen molar-refractivity contribution in [3.05, 3.63) is 52.0 Å². The van der Waals surface area contributed by atoms with Gasteiger partial charge in [-0.1, -0.05) is 36.8 Å². The number of nitrogens with zero attached hydrogens (tertiary/aromatic N) is 1. The second-order valence-electron chi connectivity index (χ2n) is 5.05. The summed E-state index contributed by atoms with van der Waals surface area (Å²) in [4.78, 5) is 4.41. The fourth-order valence-corrected chi connectivity index (χ4v) is 2.94. The van der Waals surface area contributed by atoms with Crippen LogP contribution in [0.5, 0.6) is 0 Å². The van der Waals surface area contributed by atoms with Gasteiger partial charge in [-0.2, -0.15) is 0 Å². The van der Waals surface area contributed by atoms with Crippen molar-refractivity contribution in [3.8, 4) is 0 Å². The fourth-order valence-electron chi connectivity index (χ4n) is 2.37. The van der Waals surface area contributed by atoms with Gasteiger partial charge < -0.3 is 5.32 Å². The summed E-state index contributed by atoms with van der Waals surface area (Å²) in [5, 5.41) is 5.63. The van der Waals surface area contributed by atoms with Crippen LogP contribution in [0.15, 0.2) is 35.2 Å². The minimum Gasteiger partial charge on any atom is -0.317 e. The molecule has 0 spiro atoms. The zero-order valence-corrected chi connectivity index (χ0v) is 12.5. The third-order valence-corrected chi connectivity index (χ3v) is 3.91. The van der Waals surface area contributed by atoms with Crippen LogP contribution >= 0.6 is 11.3 Å². The molecular weight excluding hydrogens is 252 g/mol. The lowest BCUT2D eigenvalue weighted by Gasteiger charge is -2.16. The van der Waals surface area contributed by atoms with Crippen LogP contribution < -0.4 is 5.32 Å². The first kappa shape index (κ1) is 14.2. The van der Waals surface area contributed by atoms with Crippen molar-refractivity contribution in [2.45, 2.75) is 26.7 Å². The third kappa shape index (κ3) is 4.77. The monoisotopic (exact) mass is 274 g/mol. The molecule has 1 aromatic heterocycles. The van der Waals surface area contributed by atoms with E-state index < -0.39 is 0 Å². The van der Waals surface area contributed by atoms with E-state index in [1.165, 1.54) is 16.8 Å². The average molecular weight is 274 g/mol. The zero-order valence-electron chi connectivity index (χ0n) is 11.7. The summed E-state index contributed by atoms with van der Waals surface area (Å²) in [6, 6.07) is 8.83. The van der Waals surface area contributed by atoms with Crippen LogP contribution in [0, 0.1) is 12.8 Å². The van der Waals surface area contributed by atoms with Gasteiger partial charge in [0, 0.05) is 5.38 Å². The normalized spacial score (nSPS) is 12.5. The maximum absolute atomic E-state index is 4.41. The van der Waals surface area contributed by atoms with Gasteiger partial charge in [-0.15, -0.1) is 11.3 Å². The lowest BCUT2D eigenvalue weighted by atomic mass is 9.94. The summed E-state index contributed by atoms with van der Waals surface area (Å²) in [7, 11) is 0. The minimum absolute atomic E-state index is 0.615. The second kappa shape index (κ2) is 7.41. The Morgan fingerprint density at radius 3 is 2.89 bits per heavy atom. The number of hydrogen-bond donors (Lipinski definition) is 1. The molecule has 0 saturated heterocycles. The first-order chi connectivity index (χ1) is 9.28. The Kier molecular flexibility index (Phi) is 5.55. The molecule has 102 valence electrons. The molecule has 1 aromatic carbocycles. The highest BCUT2D eigenvalue weighted by Crippen LogP contribution is 2.15. The van der Waals surface area contributed by atoms with Gasteiger partial charge in [-0.25, -0.2) is 4.98 Å². The fraction of sp³-hybridized carbons (Fsp3) is 0.438. The van der Waals surface area contributed by atoms with Crippen LogP contribution in [0.25, 0.3) is 0 Å². The van der Waals surface area contributed by atoms with E-state index in [2.05, 4.69) is 53.8 Å². The molecule has 0 aliphatic heterocycles. The van der Waals surface area contributed by atoms with E-state index in [0.717, 1.165) is 25.9 Å². The highest BCUT2D eigenvalue weighted by atomic mass is 32.1. The largest absolute Gasteiger partial charge is 0.317 e. The van der Waals surface area contributed by atoms with E-state index in [-0.39, 0.29) is 0 Å². The summed E-state index contributed by atoms with van der Waals surface area (Å²) in [5.74, 6) is 0.615. The first-order valence-corrected chi connectivity index (χ1v) is 7.85. The van der Waals surface area contributed by atoms with Crippen LogP contribution in [-0.4, -0.2) is 18.1 Å². The quantitative estimate of drug-likeness (QED) is 0.836. The number of aryl methyl sites for hydroxylation is 1. The smallest absolute Gasteiger partial charge is 0.0794 e. The molecule has 3 heteroatoms. The molecule has 19 heavy (non-hydrogen) atoms. The van der Waals surface area contributed by atoms with Gasteiger partial charge in [0.05, 0.1) is 11.2 Å². The predicted octanol–water partition coefficient (Wildman–Crippen LogP) is 3.46. The Hall–Kier alpha value is -1.19. The van der Waals surface area contributed by atoms with Crippen LogP contribution in [0.3, 0.4) is 0 Å². The molecule has 0 fully saturated rings. The van der Waals surface area contributed by atoms with Crippen molar-refractivity contribution in [2.24, 2.45) is 5.92 Å². The molecule has 2 nitrogen and oxygen atoms in total. The van der Waals surface area contributed by atoms with Crippen LogP contribution in [0.1, 0.15) is 23.7 Å². The van der Waals surface area contributed by atoms with Gasteiger partial charge >= 0.3 is 0 Å². The van der Waals surface area contributed by atoms with Crippen molar-refractivity contribution in [3.63, 3.8) is 0 Å². The van der Waals surface area contributed by atoms with E-state index in [1.807, 2.05) is 5.51 Å². The summed E-state index contributed by atoms with van der Waals surface area (Å²) >= 11 is 1.68. The van der Waals surface area contributed by atoms with E-state index in [1.54, 1.807) is 11.3 Å². The number of nitrogens with one attached hydrogen (secondary N) is 1. The number of hydrogen-bond acceptors (Lipinski definition) is 3. The van der Waals surface area contributed by atoms with Crippen molar-refractivity contribution in [1.29, 1.82) is 0 Å². The van der Waals surface area contributed by atoms with Crippen LogP contribution in [0.4, 0.5) is 0 Å². The zero-order chi connectivity index (χ0) is 13.5. The third-order valence-electron chi connectivity index (χ3n) is 3.27. The van der Waals surface area contributed by atoms with Crippen molar-refractivity contribution >= 4 is 11.3 Å². The molecule has 0 saturated carbocycles. The van der Waals surface area contributed by atoms with Gasteiger partial charge in [0.1, 0.15) is 0 Å². The molecule has 1 unspecified atom stereocenters. The number of thiazole rings is 1. The minimum atomic E-state index is 0.615. The molecule has 0 aliphatic rings. The average Bonchev–Trinajstić information content (AvgIpc) is 2.89. The highest BCUT2D eigenvalue weighted by Gasteiger charge is 2.11. The predicted molar refractivity (Wildman–Crippen MR) is 82.7 cm³/mol.